The lowest BCUT2D eigenvalue weighted by Gasteiger charge is -2.07. The molecule has 0 unspecified atom stereocenters. The summed E-state index contributed by atoms with van der Waals surface area (Å²) in [6.45, 7) is 1.93. The van der Waals surface area contributed by atoms with Crippen molar-refractivity contribution in [3.63, 3.8) is 0 Å². The number of aryl methyl sites for hydroxylation is 1. The highest BCUT2D eigenvalue weighted by Crippen LogP contribution is 2.31. The van der Waals surface area contributed by atoms with E-state index >= 15 is 0 Å². The van der Waals surface area contributed by atoms with E-state index in [1.165, 1.54) is 11.8 Å². The van der Waals surface area contributed by atoms with Crippen molar-refractivity contribution < 1.29 is 4.79 Å². The van der Waals surface area contributed by atoms with Gasteiger partial charge in [0.05, 0.1) is 0 Å². The first kappa shape index (κ1) is 17.4. The van der Waals surface area contributed by atoms with Crippen LogP contribution in [0.1, 0.15) is 15.9 Å². The summed E-state index contributed by atoms with van der Waals surface area (Å²) in [6, 6.07) is 16.0. The fraction of sp³-hybridized carbons (Fsp3) is 0.0588. The van der Waals surface area contributed by atoms with Crippen LogP contribution in [0.15, 0.2) is 63.5 Å². The van der Waals surface area contributed by atoms with Crippen LogP contribution in [0, 0.1) is 18.3 Å². The molecule has 1 N–H and O–H groups in total. The second kappa shape index (κ2) is 8.07. The maximum absolute atomic E-state index is 12.1. The number of nitriles is 1. The molecule has 0 saturated carbocycles. The van der Waals surface area contributed by atoms with Gasteiger partial charge in [0.1, 0.15) is 16.1 Å². The lowest BCUT2D eigenvalue weighted by atomic mass is 10.1. The second-order valence-corrected chi connectivity index (χ2v) is 6.76. The van der Waals surface area contributed by atoms with Crippen LogP contribution in [0.5, 0.6) is 0 Å². The summed E-state index contributed by atoms with van der Waals surface area (Å²) in [4.78, 5) is 13.0. The van der Waals surface area contributed by atoms with E-state index in [1.807, 2.05) is 25.1 Å². The minimum atomic E-state index is -0.378. The van der Waals surface area contributed by atoms with E-state index in [1.54, 1.807) is 36.4 Å². The molecule has 23 heavy (non-hydrogen) atoms. The largest absolute Gasteiger partial charge is 0.311 e. The first-order chi connectivity index (χ1) is 11.0. The molecule has 0 saturated heterocycles. The number of benzene rings is 2. The number of rotatable bonds is 4. The third kappa shape index (κ3) is 5.04. The molecule has 0 aromatic heterocycles. The summed E-state index contributed by atoms with van der Waals surface area (Å²) in [5, 5.41) is 12.4. The molecule has 0 radical (unpaired) electrons. The van der Waals surface area contributed by atoms with Crippen LogP contribution in [0.25, 0.3) is 0 Å². The van der Waals surface area contributed by atoms with Crippen LogP contribution in [-0.4, -0.2) is 5.91 Å². The Morgan fingerprint density at radius 2 is 1.74 bits per heavy atom. The van der Waals surface area contributed by atoms with Gasteiger partial charge in [-0.1, -0.05) is 52.7 Å². The molecule has 0 spiro atoms. The first-order valence-electron chi connectivity index (χ1n) is 6.61. The third-order valence-electron chi connectivity index (χ3n) is 2.88. The molecule has 0 aliphatic carbocycles. The van der Waals surface area contributed by atoms with E-state index in [4.69, 9.17) is 23.2 Å². The van der Waals surface area contributed by atoms with Crippen LogP contribution in [-0.2, 0) is 0 Å². The lowest BCUT2D eigenvalue weighted by Crippen LogP contribution is -2.22. The molecule has 6 heteroatoms. The van der Waals surface area contributed by atoms with Crippen LogP contribution in [0.3, 0.4) is 0 Å². The van der Waals surface area contributed by atoms with E-state index in [0.29, 0.717) is 10.6 Å². The highest BCUT2D eigenvalue weighted by molar-refractivity contribution is 8.04. The molecule has 2 aromatic rings. The molecule has 116 valence electrons. The number of nitrogens with one attached hydrogen (secondary N) is 1. The van der Waals surface area contributed by atoms with Gasteiger partial charge in [-0.15, -0.1) is 0 Å². The quantitative estimate of drug-likeness (QED) is 0.607. The number of carbonyl (C=O) groups excluding carboxylic acids is 1. The average molecular weight is 363 g/mol. The predicted octanol–water partition coefficient (Wildman–Crippen LogP) is 5.10. The van der Waals surface area contributed by atoms with Crippen molar-refractivity contribution in [2.45, 2.75) is 11.8 Å². The molecule has 0 atom stereocenters. The van der Waals surface area contributed by atoms with E-state index in [9.17, 15) is 10.1 Å². The standard InChI is InChI=1S/C17H12Cl2N2OS/c1-11-2-4-12(5-3-11)17(22)21-15(10-20)16(19)23-14-8-6-13(18)7-9-14/h2-9H,1H3,(H,21,22)/b16-15-. The summed E-state index contributed by atoms with van der Waals surface area (Å²) in [6.07, 6.45) is 0. The summed E-state index contributed by atoms with van der Waals surface area (Å²) in [7, 11) is 0. The zero-order valence-corrected chi connectivity index (χ0v) is 14.5. The number of nitrogens with zero attached hydrogens (tertiary/aromatic N) is 1. The average Bonchev–Trinajstić information content (AvgIpc) is 2.55. The van der Waals surface area contributed by atoms with Crippen molar-refractivity contribution in [1.29, 1.82) is 5.26 Å². The molecule has 0 fully saturated rings. The lowest BCUT2D eigenvalue weighted by molar-refractivity contribution is 0.0967. The Labute approximate surface area is 148 Å². The molecule has 3 nitrogen and oxygen atoms in total. The van der Waals surface area contributed by atoms with Crippen LogP contribution in [0.4, 0.5) is 0 Å². The van der Waals surface area contributed by atoms with Gasteiger partial charge < -0.3 is 5.32 Å². The van der Waals surface area contributed by atoms with Crippen molar-refractivity contribution in [3.05, 3.63) is 74.7 Å². The van der Waals surface area contributed by atoms with Gasteiger partial charge >= 0.3 is 0 Å². The van der Waals surface area contributed by atoms with Gasteiger partial charge in [0, 0.05) is 15.5 Å². The highest BCUT2D eigenvalue weighted by Gasteiger charge is 2.12. The molecule has 1 amide bonds. The fourth-order valence-electron chi connectivity index (χ4n) is 1.67. The van der Waals surface area contributed by atoms with E-state index in [0.717, 1.165) is 10.5 Å². The Bertz CT molecular complexity index is 778. The Morgan fingerprint density at radius 1 is 1.13 bits per heavy atom. The van der Waals surface area contributed by atoms with E-state index in [2.05, 4.69) is 5.32 Å². The Morgan fingerprint density at radius 3 is 2.30 bits per heavy atom. The van der Waals surface area contributed by atoms with E-state index in [-0.39, 0.29) is 16.0 Å². The number of thioether (sulfide) groups is 1. The van der Waals surface area contributed by atoms with Gasteiger partial charge in [-0.3, -0.25) is 4.79 Å². The normalized spacial score (nSPS) is 11.4. The smallest absolute Gasteiger partial charge is 0.256 e. The predicted molar refractivity (Wildman–Crippen MR) is 94.4 cm³/mol. The van der Waals surface area contributed by atoms with Crippen molar-refractivity contribution in [2.24, 2.45) is 0 Å². The molecule has 2 rings (SSSR count). The second-order valence-electron chi connectivity index (χ2n) is 4.64. The highest BCUT2D eigenvalue weighted by atomic mass is 35.5. The van der Waals surface area contributed by atoms with Crippen LogP contribution >= 0.6 is 35.0 Å². The van der Waals surface area contributed by atoms with Gasteiger partial charge in [-0.2, -0.15) is 5.26 Å². The summed E-state index contributed by atoms with van der Waals surface area (Å²) >= 11 is 13.1. The number of halogens is 2. The Hall–Kier alpha value is -1.93. The van der Waals surface area contributed by atoms with Crippen molar-refractivity contribution >= 4 is 40.9 Å². The van der Waals surface area contributed by atoms with Crippen molar-refractivity contribution in [2.75, 3.05) is 0 Å². The van der Waals surface area contributed by atoms with Gasteiger partial charge in [-0.05, 0) is 43.3 Å². The molecule has 0 bridgehead atoms. The summed E-state index contributed by atoms with van der Waals surface area (Å²) < 4.78 is 0.190. The zero-order valence-electron chi connectivity index (χ0n) is 12.1. The van der Waals surface area contributed by atoms with Crippen LogP contribution in [0.2, 0.25) is 5.02 Å². The minimum Gasteiger partial charge on any atom is -0.311 e. The molecule has 2 aromatic carbocycles. The zero-order chi connectivity index (χ0) is 16.8. The first-order valence-corrected chi connectivity index (χ1v) is 8.18. The molecule has 0 heterocycles. The molecule has 0 aliphatic heterocycles. The fourth-order valence-corrected chi connectivity index (χ4v) is 2.83. The molecule has 0 aliphatic rings. The summed E-state index contributed by atoms with van der Waals surface area (Å²) in [5.41, 5.74) is 1.52. The number of amides is 1. The summed E-state index contributed by atoms with van der Waals surface area (Å²) in [5.74, 6) is -0.378. The Kier molecular flexibility index (Phi) is 6.12. The number of hydrogen-bond acceptors (Lipinski definition) is 3. The van der Waals surface area contributed by atoms with Gasteiger partial charge in [0.25, 0.3) is 5.91 Å². The maximum atomic E-state index is 12.1. The number of hydrogen-bond donors (Lipinski definition) is 1. The van der Waals surface area contributed by atoms with Gasteiger partial charge in [0.15, 0.2) is 0 Å². The Balaban J connectivity index is 2.14. The van der Waals surface area contributed by atoms with E-state index < -0.39 is 0 Å². The SMILES string of the molecule is Cc1ccc(C(=O)N/C(C#N)=C(/Cl)Sc2ccc(Cl)cc2)cc1. The molecular formula is C17H12Cl2N2OS. The van der Waals surface area contributed by atoms with Crippen LogP contribution < -0.4 is 5.32 Å². The monoisotopic (exact) mass is 362 g/mol. The topological polar surface area (TPSA) is 52.9 Å². The van der Waals surface area contributed by atoms with Crippen molar-refractivity contribution in [1.82, 2.24) is 5.32 Å². The number of allylic oxidation sites excluding steroid dienone is 1. The number of carbonyl (C=O) groups is 1. The van der Waals surface area contributed by atoms with Gasteiger partial charge in [-0.25, -0.2) is 0 Å². The van der Waals surface area contributed by atoms with Crippen molar-refractivity contribution in [3.8, 4) is 6.07 Å². The molecular weight excluding hydrogens is 351 g/mol. The minimum absolute atomic E-state index is 0.0113. The maximum Gasteiger partial charge on any atom is 0.256 e. The third-order valence-corrected chi connectivity index (χ3v) is 4.45. The van der Waals surface area contributed by atoms with Gasteiger partial charge in [0.2, 0.25) is 0 Å².